The minimum atomic E-state index is -2.11. The van der Waals surface area contributed by atoms with Crippen LogP contribution in [0.15, 0.2) is 79.3 Å². The monoisotopic (exact) mass is 1030 g/mol. The number of carbonyl (C=O) groups is 6. The van der Waals surface area contributed by atoms with Crippen molar-refractivity contribution in [2.75, 3.05) is 23.1 Å². The second-order valence-corrected chi connectivity index (χ2v) is 18.9. The lowest BCUT2D eigenvalue weighted by Gasteiger charge is -2.43. The Balaban J connectivity index is 0.835. The maximum absolute atomic E-state index is 14.1. The molecule has 8 N–H and O–H groups in total. The molecule has 3 aromatic carbocycles. The van der Waals surface area contributed by atoms with Crippen molar-refractivity contribution in [3.8, 4) is 17.2 Å². The van der Waals surface area contributed by atoms with Gasteiger partial charge in [-0.15, -0.1) is 0 Å². The van der Waals surface area contributed by atoms with Gasteiger partial charge in [-0.1, -0.05) is 24.3 Å². The second-order valence-electron chi connectivity index (χ2n) is 18.9. The van der Waals surface area contributed by atoms with Crippen molar-refractivity contribution < 1.29 is 68.3 Å². The summed E-state index contributed by atoms with van der Waals surface area (Å²) in [5.41, 5.74) is -1.45. The van der Waals surface area contributed by atoms with E-state index in [1.165, 1.54) is 70.6 Å². The number of anilines is 3. The average Bonchev–Trinajstić information content (AvgIpc) is 4.07. The number of hydrogen-bond acceptors (Lipinski definition) is 16. The van der Waals surface area contributed by atoms with Crippen LogP contribution >= 0.6 is 0 Å². The Bertz CT molecular complexity index is 3370. The Morgan fingerprint density at radius 3 is 1.96 bits per heavy atom. The van der Waals surface area contributed by atoms with E-state index < -0.39 is 112 Å². The maximum atomic E-state index is 14.1. The largest absolute Gasteiger partial charge is 0.507 e. The number of ketones is 3. The zero-order valence-electron chi connectivity index (χ0n) is 41.3. The molecule has 4 unspecified atom stereocenters. The Kier molecular flexibility index (Phi) is 13.5. The van der Waals surface area contributed by atoms with Crippen LogP contribution in [0.4, 0.5) is 22.7 Å². The smallest absolute Gasteiger partial charge is 0.287 e. The molecular formula is C52H52N8O15. The van der Waals surface area contributed by atoms with Crippen LogP contribution < -0.4 is 26.0 Å². The first-order chi connectivity index (χ1) is 35.6. The van der Waals surface area contributed by atoms with Gasteiger partial charge in [0.2, 0.25) is 5.78 Å². The molecule has 0 spiro atoms. The number of fused-ring (bicyclic) bond motifs is 3. The molecule has 0 radical (unpaired) electrons. The van der Waals surface area contributed by atoms with Crippen molar-refractivity contribution in [2.45, 2.75) is 75.9 Å². The zero-order chi connectivity index (χ0) is 53.9. The summed E-state index contributed by atoms with van der Waals surface area (Å²) >= 11 is 0. The lowest BCUT2D eigenvalue weighted by Crippen LogP contribution is -2.54. The van der Waals surface area contributed by atoms with Gasteiger partial charge in [-0.25, -0.2) is 0 Å². The van der Waals surface area contributed by atoms with Crippen molar-refractivity contribution in [2.24, 2.45) is 21.1 Å². The number of methoxy groups -OCH3 is 1. The molecule has 1 saturated heterocycles. The molecule has 0 bridgehead atoms. The van der Waals surface area contributed by atoms with Gasteiger partial charge in [-0.2, -0.15) is 0 Å². The number of hydrogen-bond donors (Lipinski definition) is 8. The van der Waals surface area contributed by atoms with Crippen molar-refractivity contribution in [1.82, 2.24) is 19.0 Å². The fraction of sp³-hybridized carbons (Fsp3) is 0.308. The fourth-order valence-electron chi connectivity index (χ4n) is 9.96. The van der Waals surface area contributed by atoms with E-state index in [9.17, 15) is 59.3 Å². The van der Waals surface area contributed by atoms with Crippen molar-refractivity contribution in [3.63, 3.8) is 0 Å². The highest BCUT2D eigenvalue weighted by molar-refractivity contribution is 6.31. The van der Waals surface area contributed by atoms with E-state index >= 15 is 0 Å². The Morgan fingerprint density at radius 2 is 1.39 bits per heavy atom. The number of carbonyl (C=O) groups excluding carboxylic acids is 6. The van der Waals surface area contributed by atoms with E-state index in [1.807, 2.05) is 0 Å². The van der Waals surface area contributed by atoms with E-state index in [-0.39, 0.29) is 69.4 Å². The molecule has 1 fully saturated rings. The van der Waals surface area contributed by atoms with E-state index in [1.54, 1.807) is 51.5 Å². The van der Waals surface area contributed by atoms with Gasteiger partial charge in [-0.3, -0.25) is 38.9 Å². The minimum Gasteiger partial charge on any atom is -0.507 e. The number of nitrogens with zero attached hydrogens (tertiary/aromatic N) is 4. The summed E-state index contributed by atoms with van der Waals surface area (Å²) in [6.07, 6.45) is -0.897. The van der Waals surface area contributed by atoms with Crippen molar-refractivity contribution >= 4 is 57.8 Å². The third-order valence-electron chi connectivity index (χ3n) is 14.0. The molecule has 6 atom stereocenters. The van der Waals surface area contributed by atoms with Crippen molar-refractivity contribution in [3.05, 3.63) is 145 Å². The second kappa shape index (κ2) is 19.7. The number of aliphatic hydroxyl groups is 2. The molecule has 23 heteroatoms. The third-order valence-corrected chi connectivity index (χ3v) is 14.0. The molecule has 1 aliphatic heterocycles. The SMILES string of the molecule is COc1cccc2c1C(=O)c1c(O)c3c(c(O)c1C2=O)C[C@@](O)(C(C)=O)C[C@@H]3OC1CC(NCc2ccc(NC(=O)c3cc(NC(=O)c4cc(NC(=O)c5cc([N+](=O)[O-])cn5C)cn4C)cn3C)cc2)C(O)C(C)O1. The van der Waals surface area contributed by atoms with E-state index in [2.05, 4.69) is 21.3 Å². The van der Waals surface area contributed by atoms with Crippen molar-refractivity contribution in [1.29, 1.82) is 0 Å². The van der Waals surface area contributed by atoms with Crippen LogP contribution in [0.3, 0.4) is 0 Å². The lowest BCUT2D eigenvalue weighted by molar-refractivity contribution is -0.384. The molecule has 390 valence electrons. The third kappa shape index (κ3) is 9.53. The number of ether oxygens (including phenoxy) is 3. The van der Waals surface area contributed by atoms with Crippen LogP contribution in [-0.4, -0.2) is 111 Å². The average molecular weight is 1030 g/mol. The van der Waals surface area contributed by atoms with Crippen LogP contribution in [0, 0.1) is 10.1 Å². The molecule has 3 aliphatic rings. The summed E-state index contributed by atoms with van der Waals surface area (Å²) in [7, 11) is 6.06. The highest BCUT2D eigenvalue weighted by Gasteiger charge is 2.49. The number of nitrogens with one attached hydrogen (secondary N) is 4. The standard InChI is InChI=1S/C52H52N8O15/c1-24-44(62)33(17-39(74-24)75-38-19-52(70,25(2)61)18-32-41(38)48(66)43-42(46(32)64)45(63)31-8-7-9-37(73-6)40(31)47(43)65)53-20-26-10-12-27(13-11-26)54-49(67)34-14-28(21-57(34)3)55-50(68)35-15-29(22-58(35)4)56-51(69)36-16-30(60(71)72)23-59(36)5/h7-16,21-24,33,38-39,44,53,62,64,66,70H,17-20H2,1-6H3,(H,54,67)(H,55,68)(H,56,69)/t24?,33?,38-,39?,44?,52-/m0/s1. The number of phenols is 2. The number of aromatic hydroxyl groups is 2. The molecule has 2 aliphatic carbocycles. The van der Waals surface area contributed by atoms with Crippen LogP contribution in [0.1, 0.15) is 113 Å². The normalized spacial score (nSPS) is 20.9. The van der Waals surface area contributed by atoms with Gasteiger partial charge in [0.1, 0.15) is 39.9 Å². The van der Waals surface area contributed by atoms with Gasteiger partial charge in [-0.05, 0) is 49.7 Å². The maximum Gasteiger partial charge on any atom is 0.287 e. The summed E-state index contributed by atoms with van der Waals surface area (Å²) in [5, 5.41) is 69.2. The van der Waals surface area contributed by atoms with Gasteiger partial charge in [0.25, 0.3) is 23.4 Å². The lowest BCUT2D eigenvalue weighted by atomic mass is 9.72. The number of amides is 3. The number of Topliss-reactive ketones (excluding diaryl/α,β-unsaturated/α-hetero) is 1. The molecule has 4 heterocycles. The molecular weight excluding hydrogens is 977 g/mol. The summed E-state index contributed by atoms with van der Waals surface area (Å²) < 4.78 is 22.2. The van der Waals surface area contributed by atoms with Crippen LogP contribution in [0.5, 0.6) is 17.2 Å². The summed E-state index contributed by atoms with van der Waals surface area (Å²) in [6.45, 7) is 3.03. The van der Waals surface area contributed by atoms with E-state index in [0.717, 1.165) is 18.6 Å². The van der Waals surface area contributed by atoms with Gasteiger partial charge < -0.3 is 69.6 Å². The number of aromatic nitrogens is 3. The summed E-state index contributed by atoms with van der Waals surface area (Å²) in [5.74, 6) is -5.10. The van der Waals surface area contributed by atoms with Crippen LogP contribution in [0.2, 0.25) is 0 Å². The molecule has 23 nitrogen and oxygen atoms in total. The topological polar surface area (TPSA) is 317 Å². The summed E-state index contributed by atoms with van der Waals surface area (Å²) in [4.78, 5) is 91.0. The Morgan fingerprint density at radius 1 is 0.813 bits per heavy atom. The minimum absolute atomic E-state index is 0.0257. The Labute approximate surface area is 426 Å². The first-order valence-electron chi connectivity index (χ1n) is 23.6. The van der Waals surface area contributed by atoms with E-state index in [0.29, 0.717) is 11.4 Å². The fourth-order valence-corrected chi connectivity index (χ4v) is 9.96. The molecule has 75 heavy (non-hydrogen) atoms. The zero-order valence-corrected chi connectivity index (χ0v) is 41.3. The van der Waals surface area contributed by atoms with Gasteiger partial charge in [0.15, 0.2) is 17.9 Å². The predicted octanol–water partition coefficient (Wildman–Crippen LogP) is 4.54. The molecule has 3 amide bonds. The first-order valence-corrected chi connectivity index (χ1v) is 23.6. The number of rotatable bonds is 14. The summed E-state index contributed by atoms with van der Waals surface area (Å²) in [6, 6.07) is 14.7. The molecule has 0 saturated carbocycles. The number of nitro groups is 1. The van der Waals surface area contributed by atoms with Gasteiger partial charge in [0.05, 0.1) is 64.6 Å². The number of aryl methyl sites for hydroxylation is 3. The molecule has 9 rings (SSSR count). The van der Waals surface area contributed by atoms with Gasteiger partial charge in [0, 0.05) is 93.8 Å². The Hall–Kier alpha value is -8.48. The quantitative estimate of drug-likeness (QED) is 0.0421. The van der Waals surface area contributed by atoms with Gasteiger partial charge >= 0.3 is 0 Å². The number of phenolic OH excluding ortho intramolecular Hbond substituents is 2. The number of aliphatic hydroxyl groups excluding tert-OH is 1. The molecule has 3 aromatic heterocycles. The highest BCUT2D eigenvalue weighted by Crippen LogP contribution is 2.52. The number of benzene rings is 3. The first kappa shape index (κ1) is 51.4. The predicted molar refractivity (Wildman–Crippen MR) is 266 cm³/mol. The van der Waals surface area contributed by atoms with Crippen LogP contribution in [-0.2, 0) is 48.4 Å². The molecule has 6 aromatic rings. The highest BCUT2D eigenvalue weighted by atomic mass is 16.7. The van der Waals surface area contributed by atoms with Crippen LogP contribution in [0.25, 0.3) is 0 Å². The van der Waals surface area contributed by atoms with E-state index in [4.69, 9.17) is 14.2 Å².